The third-order valence-corrected chi connectivity index (χ3v) is 6.69. The third kappa shape index (κ3) is 4.93. The van der Waals surface area contributed by atoms with Gasteiger partial charge in [-0.3, -0.25) is 4.79 Å². The Morgan fingerprint density at radius 3 is 2.54 bits per heavy atom. The molecule has 1 aromatic heterocycles. The number of nitrogens with zero attached hydrogens (tertiary/aromatic N) is 3. The van der Waals surface area contributed by atoms with E-state index in [1.54, 1.807) is 0 Å². The minimum Gasteiger partial charge on any atom is -0.491 e. The molecule has 1 saturated heterocycles. The van der Waals surface area contributed by atoms with Crippen LogP contribution in [0.4, 0.5) is 5.69 Å². The van der Waals surface area contributed by atoms with E-state index in [1.165, 1.54) is 5.56 Å². The van der Waals surface area contributed by atoms with Crippen molar-refractivity contribution < 1.29 is 14.6 Å². The van der Waals surface area contributed by atoms with Gasteiger partial charge in [-0.1, -0.05) is 48.9 Å². The number of benzene rings is 3. The van der Waals surface area contributed by atoms with Crippen molar-refractivity contribution in [2.75, 3.05) is 18.1 Å². The number of hydrogen-bond donors (Lipinski definition) is 1. The highest BCUT2D eigenvalue weighted by molar-refractivity contribution is 5.96. The van der Waals surface area contributed by atoms with Crippen LogP contribution < -0.4 is 9.64 Å². The average Bonchev–Trinajstić information content (AvgIpc) is 3.44. The van der Waals surface area contributed by atoms with Gasteiger partial charge in [0.25, 0.3) is 0 Å². The molecule has 2 atom stereocenters. The lowest BCUT2D eigenvalue weighted by atomic mass is 10.1. The Balaban J connectivity index is 1.36. The fourth-order valence-electron chi connectivity index (χ4n) is 4.73. The Bertz CT molecular complexity index is 1310. The van der Waals surface area contributed by atoms with Gasteiger partial charge in [0, 0.05) is 24.6 Å². The average molecular weight is 470 g/mol. The molecule has 1 amide bonds. The Kier molecular flexibility index (Phi) is 6.55. The second-order valence-electron chi connectivity index (χ2n) is 9.27. The summed E-state index contributed by atoms with van der Waals surface area (Å²) >= 11 is 0. The quantitative estimate of drug-likeness (QED) is 0.400. The van der Waals surface area contributed by atoms with Crippen molar-refractivity contribution in [1.29, 1.82) is 0 Å². The van der Waals surface area contributed by atoms with E-state index in [9.17, 15) is 9.90 Å². The van der Waals surface area contributed by atoms with Crippen LogP contribution in [0, 0.1) is 6.92 Å². The van der Waals surface area contributed by atoms with Crippen LogP contribution in [-0.2, 0) is 17.8 Å². The first kappa shape index (κ1) is 23.1. The molecule has 0 bridgehead atoms. The molecule has 1 fully saturated rings. The number of hydrogen-bond acceptors (Lipinski definition) is 4. The monoisotopic (exact) mass is 469 g/mol. The molecule has 0 radical (unpaired) electrons. The summed E-state index contributed by atoms with van der Waals surface area (Å²) in [5.41, 5.74) is 5.15. The van der Waals surface area contributed by atoms with Crippen LogP contribution in [0.3, 0.4) is 0 Å². The Morgan fingerprint density at radius 1 is 1.06 bits per heavy atom. The molecule has 2 heterocycles. The van der Waals surface area contributed by atoms with Gasteiger partial charge in [-0.2, -0.15) is 0 Å². The molecule has 0 aliphatic carbocycles. The summed E-state index contributed by atoms with van der Waals surface area (Å²) in [5.74, 6) is 1.62. The molecule has 35 heavy (non-hydrogen) atoms. The highest BCUT2D eigenvalue weighted by atomic mass is 16.5. The Hall–Kier alpha value is -3.64. The summed E-state index contributed by atoms with van der Waals surface area (Å²) in [6.07, 6.45) is 0.647. The summed E-state index contributed by atoms with van der Waals surface area (Å²) in [7, 11) is 0. The number of imidazole rings is 1. The molecule has 4 aromatic rings. The normalized spacial score (nSPS) is 16.7. The zero-order chi connectivity index (χ0) is 24.4. The van der Waals surface area contributed by atoms with Gasteiger partial charge >= 0.3 is 0 Å². The molecule has 3 aromatic carbocycles. The first-order valence-corrected chi connectivity index (χ1v) is 12.2. The molecule has 5 rings (SSSR count). The molecule has 0 saturated carbocycles. The van der Waals surface area contributed by atoms with Gasteiger partial charge in [0.1, 0.15) is 24.3 Å². The zero-order valence-corrected chi connectivity index (χ0v) is 20.2. The number of aryl methyl sites for hydroxylation is 2. The molecule has 0 spiro atoms. The van der Waals surface area contributed by atoms with Crippen LogP contribution in [0.5, 0.6) is 5.75 Å². The van der Waals surface area contributed by atoms with E-state index in [0.29, 0.717) is 19.5 Å². The van der Waals surface area contributed by atoms with E-state index < -0.39 is 6.10 Å². The van der Waals surface area contributed by atoms with Gasteiger partial charge < -0.3 is 19.3 Å². The minimum absolute atomic E-state index is 0.0500. The number of ether oxygens (including phenoxy) is 1. The smallest absolute Gasteiger partial charge is 0.227 e. The fraction of sp³-hybridized carbons (Fsp3) is 0.310. The zero-order valence-electron chi connectivity index (χ0n) is 20.2. The summed E-state index contributed by atoms with van der Waals surface area (Å²) < 4.78 is 7.87. The number of carbonyl (C=O) groups excluding carboxylic acids is 1. The van der Waals surface area contributed by atoms with Gasteiger partial charge in [0.2, 0.25) is 5.91 Å². The number of carbonyl (C=O) groups is 1. The molecule has 1 N–H and O–H groups in total. The number of aromatic nitrogens is 2. The van der Waals surface area contributed by atoms with Crippen molar-refractivity contribution in [1.82, 2.24) is 9.55 Å². The van der Waals surface area contributed by atoms with Crippen molar-refractivity contribution in [2.45, 2.75) is 45.3 Å². The first-order valence-electron chi connectivity index (χ1n) is 12.2. The van der Waals surface area contributed by atoms with E-state index in [1.807, 2.05) is 72.5 Å². The maximum Gasteiger partial charge on any atom is 0.227 e. The molecule has 6 nitrogen and oxygen atoms in total. The third-order valence-electron chi connectivity index (χ3n) is 6.69. The fourth-order valence-corrected chi connectivity index (χ4v) is 4.73. The van der Waals surface area contributed by atoms with E-state index in [-0.39, 0.29) is 18.4 Å². The standard InChI is InChI=1S/C29H31N3O3/c1-3-21-10-12-23(13-11-21)31-17-22(16-28(31)34)29-30-26-6-4-5-7-27(26)32(29)18-24(33)19-35-25-14-8-20(2)9-15-25/h4-15,22,24,33H,3,16-19H2,1-2H3. The number of aliphatic hydroxyl groups is 1. The van der Waals surface area contributed by atoms with E-state index in [2.05, 4.69) is 23.6 Å². The number of para-hydroxylation sites is 2. The van der Waals surface area contributed by atoms with Crippen LogP contribution in [0.1, 0.15) is 36.2 Å². The number of fused-ring (bicyclic) bond motifs is 1. The predicted molar refractivity (Wildman–Crippen MR) is 138 cm³/mol. The van der Waals surface area contributed by atoms with Crippen molar-refractivity contribution in [3.05, 3.63) is 89.7 Å². The lowest BCUT2D eigenvalue weighted by Crippen LogP contribution is -2.26. The lowest BCUT2D eigenvalue weighted by molar-refractivity contribution is -0.117. The maximum atomic E-state index is 13.0. The summed E-state index contributed by atoms with van der Waals surface area (Å²) in [6.45, 7) is 5.24. The lowest BCUT2D eigenvalue weighted by Gasteiger charge is -2.19. The number of anilines is 1. The van der Waals surface area contributed by atoms with Crippen LogP contribution in [0.25, 0.3) is 11.0 Å². The minimum atomic E-state index is -0.720. The topological polar surface area (TPSA) is 67.6 Å². The van der Waals surface area contributed by atoms with Gasteiger partial charge in [-0.05, 0) is 55.3 Å². The molecule has 2 unspecified atom stereocenters. The van der Waals surface area contributed by atoms with Crippen LogP contribution in [-0.4, -0.2) is 39.8 Å². The first-order chi connectivity index (χ1) is 17.0. The number of aliphatic hydroxyl groups excluding tert-OH is 1. The largest absolute Gasteiger partial charge is 0.491 e. The van der Waals surface area contributed by atoms with Crippen LogP contribution in [0.2, 0.25) is 0 Å². The molecular weight excluding hydrogens is 438 g/mol. The highest BCUT2D eigenvalue weighted by Gasteiger charge is 2.35. The molecule has 1 aliphatic rings. The van der Waals surface area contributed by atoms with E-state index in [0.717, 1.165) is 40.3 Å². The molecule has 180 valence electrons. The summed E-state index contributed by atoms with van der Waals surface area (Å²) in [5, 5.41) is 10.8. The number of rotatable bonds is 8. The number of amides is 1. The van der Waals surface area contributed by atoms with Crippen molar-refractivity contribution in [2.24, 2.45) is 0 Å². The Morgan fingerprint density at radius 2 is 1.80 bits per heavy atom. The van der Waals surface area contributed by atoms with E-state index >= 15 is 0 Å². The highest BCUT2D eigenvalue weighted by Crippen LogP contribution is 2.33. The van der Waals surface area contributed by atoms with Crippen molar-refractivity contribution in [3.63, 3.8) is 0 Å². The molecular formula is C29H31N3O3. The van der Waals surface area contributed by atoms with Gasteiger partial charge in [-0.25, -0.2) is 4.98 Å². The van der Waals surface area contributed by atoms with Gasteiger partial charge in [0.05, 0.1) is 17.6 Å². The van der Waals surface area contributed by atoms with Crippen molar-refractivity contribution >= 4 is 22.6 Å². The van der Waals surface area contributed by atoms with Gasteiger partial charge in [0.15, 0.2) is 0 Å². The summed E-state index contributed by atoms with van der Waals surface area (Å²) in [4.78, 5) is 19.7. The maximum absolute atomic E-state index is 13.0. The second kappa shape index (κ2) is 9.92. The second-order valence-corrected chi connectivity index (χ2v) is 9.27. The SMILES string of the molecule is CCc1ccc(N2CC(c3nc4ccccc4n3CC(O)COc3ccc(C)cc3)CC2=O)cc1. The predicted octanol–water partition coefficient (Wildman–Crippen LogP) is 4.87. The van der Waals surface area contributed by atoms with Gasteiger partial charge in [-0.15, -0.1) is 0 Å². The summed E-state index contributed by atoms with van der Waals surface area (Å²) in [6, 6.07) is 23.9. The molecule has 1 aliphatic heterocycles. The van der Waals surface area contributed by atoms with E-state index in [4.69, 9.17) is 9.72 Å². The van der Waals surface area contributed by atoms with Crippen LogP contribution >= 0.6 is 0 Å². The molecule has 6 heteroatoms. The van der Waals surface area contributed by atoms with Crippen LogP contribution in [0.15, 0.2) is 72.8 Å². The van der Waals surface area contributed by atoms with Crippen molar-refractivity contribution in [3.8, 4) is 5.75 Å². The Labute approximate surface area is 205 Å².